The highest BCUT2D eigenvalue weighted by molar-refractivity contribution is 9.10. The van der Waals surface area contributed by atoms with Crippen molar-refractivity contribution in [3.63, 3.8) is 0 Å². The molecule has 0 saturated heterocycles. The van der Waals surface area contributed by atoms with E-state index in [1.807, 2.05) is 0 Å². The Labute approximate surface area is 109 Å². The number of hydrogen-bond acceptors (Lipinski definition) is 3. The van der Waals surface area contributed by atoms with Crippen molar-refractivity contribution >= 4 is 33.3 Å². The highest BCUT2D eigenvalue weighted by atomic mass is 79.9. The highest BCUT2D eigenvalue weighted by Crippen LogP contribution is 2.21. The van der Waals surface area contributed by atoms with Crippen molar-refractivity contribution in [2.75, 3.05) is 11.1 Å². The SMILES string of the molecule is Nc1cn[nH]c1NC(=O)c1c(F)cc(Br)cc1F. The van der Waals surface area contributed by atoms with Crippen molar-refractivity contribution in [2.45, 2.75) is 0 Å². The van der Waals surface area contributed by atoms with Crippen LogP contribution in [0, 0.1) is 11.6 Å². The molecule has 4 N–H and O–H groups in total. The summed E-state index contributed by atoms with van der Waals surface area (Å²) < 4.78 is 27.2. The van der Waals surface area contributed by atoms with Crippen molar-refractivity contribution in [3.05, 3.63) is 40.0 Å². The van der Waals surface area contributed by atoms with Crippen LogP contribution in [0.2, 0.25) is 0 Å². The number of benzene rings is 1. The normalized spacial score (nSPS) is 10.4. The van der Waals surface area contributed by atoms with Crippen LogP contribution in [0.3, 0.4) is 0 Å². The molecular formula is C10H7BrF2N4O. The maximum absolute atomic E-state index is 13.5. The van der Waals surface area contributed by atoms with Gasteiger partial charge >= 0.3 is 0 Å². The van der Waals surface area contributed by atoms with E-state index in [1.165, 1.54) is 6.20 Å². The Bertz CT molecular complexity index is 591. The molecule has 0 aliphatic rings. The molecule has 0 spiro atoms. The lowest BCUT2D eigenvalue weighted by Gasteiger charge is -2.06. The molecule has 8 heteroatoms. The lowest BCUT2D eigenvalue weighted by Crippen LogP contribution is -2.17. The summed E-state index contributed by atoms with van der Waals surface area (Å²) in [4.78, 5) is 11.7. The molecule has 0 unspecified atom stereocenters. The number of amides is 1. The number of aromatic nitrogens is 2. The lowest BCUT2D eigenvalue weighted by atomic mass is 10.2. The van der Waals surface area contributed by atoms with E-state index in [1.54, 1.807) is 0 Å². The smallest absolute Gasteiger partial charge is 0.262 e. The summed E-state index contributed by atoms with van der Waals surface area (Å²) in [6.07, 6.45) is 1.27. The van der Waals surface area contributed by atoms with Gasteiger partial charge in [-0.2, -0.15) is 5.10 Å². The molecule has 94 valence electrons. The summed E-state index contributed by atoms with van der Waals surface area (Å²) in [7, 11) is 0. The zero-order valence-corrected chi connectivity index (χ0v) is 10.4. The molecule has 2 rings (SSSR count). The van der Waals surface area contributed by atoms with Gasteiger partial charge in [-0.3, -0.25) is 9.89 Å². The molecule has 1 aromatic carbocycles. The fourth-order valence-corrected chi connectivity index (χ4v) is 1.73. The van der Waals surface area contributed by atoms with Gasteiger partial charge < -0.3 is 11.1 Å². The molecule has 18 heavy (non-hydrogen) atoms. The summed E-state index contributed by atoms with van der Waals surface area (Å²) in [5.74, 6) is -2.81. The Hall–Kier alpha value is -1.96. The third-order valence-electron chi connectivity index (χ3n) is 2.14. The Kier molecular flexibility index (Phi) is 3.28. The Morgan fingerprint density at radius 3 is 2.50 bits per heavy atom. The third-order valence-corrected chi connectivity index (χ3v) is 2.60. The number of nitrogens with zero attached hydrogens (tertiary/aromatic N) is 1. The van der Waals surface area contributed by atoms with E-state index in [4.69, 9.17) is 5.73 Å². The Morgan fingerprint density at radius 1 is 1.39 bits per heavy atom. The van der Waals surface area contributed by atoms with Crippen LogP contribution < -0.4 is 11.1 Å². The van der Waals surface area contributed by atoms with E-state index in [2.05, 4.69) is 31.4 Å². The van der Waals surface area contributed by atoms with Crippen LogP contribution in [-0.2, 0) is 0 Å². The largest absolute Gasteiger partial charge is 0.394 e. The number of hydrogen-bond donors (Lipinski definition) is 3. The molecule has 1 amide bonds. The molecule has 1 heterocycles. The van der Waals surface area contributed by atoms with Gasteiger partial charge in [-0.15, -0.1) is 0 Å². The summed E-state index contributed by atoms with van der Waals surface area (Å²) in [6, 6.07) is 1.99. The predicted molar refractivity (Wildman–Crippen MR) is 65.0 cm³/mol. The minimum absolute atomic E-state index is 0.0849. The first kappa shape index (κ1) is 12.5. The standard InChI is InChI=1S/C10H7BrF2N4O/c11-4-1-5(12)8(6(13)2-4)10(18)16-9-7(14)3-15-17-9/h1-3H,14H2,(H2,15,16,17,18). The number of nitrogens with one attached hydrogen (secondary N) is 2. The quantitative estimate of drug-likeness (QED) is 0.794. The van der Waals surface area contributed by atoms with Gasteiger partial charge in [-0.05, 0) is 12.1 Å². The van der Waals surface area contributed by atoms with Crippen molar-refractivity contribution < 1.29 is 13.6 Å². The molecule has 0 radical (unpaired) electrons. The van der Waals surface area contributed by atoms with E-state index in [0.29, 0.717) is 0 Å². The number of rotatable bonds is 2. The van der Waals surface area contributed by atoms with Crippen molar-refractivity contribution in [2.24, 2.45) is 0 Å². The van der Waals surface area contributed by atoms with Gasteiger partial charge in [0.15, 0.2) is 5.82 Å². The lowest BCUT2D eigenvalue weighted by molar-refractivity contribution is 0.101. The minimum Gasteiger partial charge on any atom is -0.394 e. The third kappa shape index (κ3) is 2.33. The Morgan fingerprint density at radius 2 is 2.00 bits per heavy atom. The van der Waals surface area contributed by atoms with Crippen LogP contribution in [-0.4, -0.2) is 16.1 Å². The van der Waals surface area contributed by atoms with E-state index in [0.717, 1.165) is 12.1 Å². The molecule has 1 aromatic heterocycles. The van der Waals surface area contributed by atoms with E-state index in [9.17, 15) is 13.6 Å². The maximum atomic E-state index is 13.5. The van der Waals surface area contributed by atoms with Gasteiger partial charge in [0.25, 0.3) is 5.91 Å². The summed E-state index contributed by atoms with van der Waals surface area (Å²) in [5, 5.41) is 8.19. The van der Waals surface area contributed by atoms with Crippen LogP contribution >= 0.6 is 15.9 Å². The van der Waals surface area contributed by atoms with Crippen LogP contribution in [0.25, 0.3) is 0 Å². The molecule has 0 aliphatic carbocycles. The van der Waals surface area contributed by atoms with Crippen molar-refractivity contribution in [3.8, 4) is 0 Å². The fraction of sp³-hybridized carbons (Fsp3) is 0. The number of H-pyrrole nitrogens is 1. The number of carbonyl (C=O) groups is 1. The molecule has 0 saturated carbocycles. The number of aromatic amines is 1. The highest BCUT2D eigenvalue weighted by Gasteiger charge is 2.19. The first-order valence-electron chi connectivity index (χ1n) is 4.73. The van der Waals surface area contributed by atoms with Gasteiger partial charge in [-0.1, -0.05) is 15.9 Å². The molecule has 5 nitrogen and oxygen atoms in total. The number of halogens is 3. The monoisotopic (exact) mass is 316 g/mol. The van der Waals surface area contributed by atoms with Crippen molar-refractivity contribution in [1.82, 2.24) is 10.2 Å². The second-order valence-corrected chi connectivity index (χ2v) is 4.31. The predicted octanol–water partition coefficient (Wildman–Crippen LogP) is 2.28. The van der Waals surface area contributed by atoms with Gasteiger partial charge in [0.05, 0.1) is 11.9 Å². The molecular weight excluding hydrogens is 310 g/mol. The molecule has 0 atom stereocenters. The molecule has 0 fully saturated rings. The number of carbonyl (C=O) groups excluding carboxylic acids is 1. The summed E-state index contributed by atoms with van der Waals surface area (Å²) in [6.45, 7) is 0. The minimum atomic E-state index is -0.975. The van der Waals surface area contributed by atoms with Crippen LogP contribution in [0.5, 0.6) is 0 Å². The van der Waals surface area contributed by atoms with Gasteiger partial charge in [0.2, 0.25) is 0 Å². The second-order valence-electron chi connectivity index (χ2n) is 3.40. The number of nitrogen functional groups attached to an aromatic ring is 1. The van der Waals surface area contributed by atoms with Crippen LogP contribution in [0.1, 0.15) is 10.4 Å². The van der Waals surface area contributed by atoms with E-state index >= 15 is 0 Å². The molecule has 2 aromatic rings. The van der Waals surface area contributed by atoms with Gasteiger partial charge in [-0.25, -0.2) is 8.78 Å². The van der Waals surface area contributed by atoms with Gasteiger partial charge in [0.1, 0.15) is 17.2 Å². The summed E-state index contributed by atoms with van der Waals surface area (Å²) >= 11 is 2.92. The average molecular weight is 317 g/mol. The van der Waals surface area contributed by atoms with Gasteiger partial charge in [0, 0.05) is 4.47 Å². The Balaban J connectivity index is 2.33. The fourth-order valence-electron chi connectivity index (χ4n) is 1.33. The first-order valence-corrected chi connectivity index (χ1v) is 5.53. The van der Waals surface area contributed by atoms with E-state index < -0.39 is 23.1 Å². The zero-order valence-electron chi connectivity index (χ0n) is 8.80. The number of nitrogens with two attached hydrogens (primary N) is 1. The molecule has 0 aliphatic heterocycles. The maximum Gasteiger partial charge on any atom is 0.262 e. The second kappa shape index (κ2) is 4.73. The topological polar surface area (TPSA) is 83.8 Å². The average Bonchev–Trinajstić information content (AvgIpc) is 2.62. The molecule has 0 bridgehead atoms. The summed E-state index contributed by atoms with van der Waals surface area (Å²) in [5.41, 5.74) is 4.94. The van der Waals surface area contributed by atoms with Crippen LogP contribution in [0.15, 0.2) is 22.8 Å². The first-order chi connectivity index (χ1) is 8.49. The van der Waals surface area contributed by atoms with Crippen molar-refractivity contribution in [1.29, 1.82) is 0 Å². The van der Waals surface area contributed by atoms with E-state index in [-0.39, 0.29) is 16.0 Å². The number of anilines is 2. The zero-order chi connectivity index (χ0) is 13.3. The van der Waals surface area contributed by atoms with Crippen LogP contribution in [0.4, 0.5) is 20.3 Å².